The maximum absolute atomic E-state index is 12.6. The minimum absolute atomic E-state index is 0.0827. The topological polar surface area (TPSA) is 58.1 Å². The minimum Gasteiger partial charge on any atom is -0.353 e. The van der Waals surface area contributed by atoms with Crippen molar-refractivity contribution in [3.05, 3.63) is 53.9 Å². The van der Waals surface area contributed by atoms with Gasteiger partial charge in [0.25, 0.3) is 0 Å². The van der Waals surface area contributed by atoms with Gasteiger partial charge in [-0.15, -0.1) is 0 Å². The third kappa shape index (κ3) is 4.56. The second kappa shape index (κ2) is 8.10. The van der Waals surface area contributed by atoms with E-state index in [0.717, 1.165) is 38.3 Å². The molecule has 0 saturated carbocycles. The summed E-state index contributed by atoms with van der Waals surface area (Å²) in [7, 11) is 0. The molecule has 1 saturated heterocycles. The van der Waals surface area contributed by atoms with Gasteiger partial charge < -0.3 is 10.2 Å². The quantitative estimate of drug-likeness (QED) is 0.911. The minimum atomic E-state index is 0.0827. The van der Waals surface area contributed by atoms with E-state index < -0.39 is 0 Å². The van der Waals surface area contributed by atoms with Gasteiger partial charge in [0.1, 0.15) is 0 Å². The fourth-order valence-corrected chi connectivity index (χ4v) is 3.38. The molecule has 5 nitrogen and oxygen atoms in total. The van der Waals surface area contributed by atoms with Gasteiger partial charge in [-0.25, -0.2) is 9.97 Å². The van der Waals surface area contributed by atoms with Gasteiger partial charge in [-0.2, -0.15) is 0 Å². The first-order chi connectivity index (χ1) is 12.1. The van der Waals surface area contributed by atoms with Crippen molar-refractivity contribution in [3.63, 3.8) is 0 Å². The number of benzene rings is 1. The number of aromatic nitrogens is 2. The monoisotopic (exact) mass is 338 g/mol. The van der Waals surface area contributed by atoms with Crippen LogP contribution in [0.15, 0.2) is 42.7 Å². The molecule has 1 aliphatic heterocycles. The molecule has 1 aromatic carbocycles. The number of rotatable bonds is 5. The van der Waals surface area contributed by atoms with Crippen LogP contribution >= 0.6 is 0 Å². The number of carbonyl (C=O) groups excluding carboxylic acids is 1. The molecule has 1 unspecified atom stereocenters. The van der Waals surface area contributed by atoms with Crippen LogP contribution in [0.4, 0.5) is 5.95 Å². The molecular weight excluding hydrogens is 312 g/mol. The van der Waals surface area contributed by atoms with Crippen LogP contribution in [0.3, 0.4) is 0 Å². The molecule has 25 heavy (non-hydrogen) atoms. The number of aryl methyl sites for hydroxylation is 1. The molecule has 2 aromatic rings. The highest BCUT2D eigenvalue weighted by Gasteiger charge is 2.26. The van der Waals surface area contributed by atoms with Crippen molar-refractivity contribution >= 4 is 11.9 Å². The normalized spacial score (nSPS) is 16.5. The highest BCUT2D eigenvalue weighted by molar-refractivity contribution is 5.79. The van der Waals surface area contributed by atoms with E-state index in [4.69, 9.17) is 0 Å². The Kier molecular flexibility index (Phi) is 5.64. The van der Waals surface area contributed by atoms with E-state index in [9.17, 15) is 4.79 Å². The fraction of sp³-hybridized carbons (Fsp3) is 0.450. The van der Waals surface area contributed by atoms with E-state index in [-0.39, 0.29) is 17.9 Å². The number of anilines is 1. The number of piperidine rings is 1. The summed E-state index contributed by atoms with van der Waals surface area (Å²) >= 11 is 0. The van der Waals surface area contributed by atoms with Crippen molar-refractivity contribution in [1.82, 2.24) is 15.3 Å². The predicted molar refractivity (Wildman–Crippen MR) is 99.5 cm³/mol. The zero-order valence-corrected chi connectivity index (χ0v) is 15.0. The first-order valence-electron chi connectivity index (χ1n) is 9.00. The summed E-state index contributed by atoms with van der Waals surface area (Å²) in [5.41, 5.74) is 2.58. The Morgan fingerprint density at radius 2 is 1.88 bits per heavy atom. The Morgan fingerprint density at radius 1 is 1.20 bits per heavy atom. The van der Waals surface area contributed by atoms with Crippen LogP contribution in [0.2, 0.25) is 0 Å². The van der Waals surface area contributed by atoms with Crippen LogP contribution in [-0.4, -0.2) is 35.0 Å². The molecule has 1 aromatic heterocycles. The van der Waals surface area contributed by atoms with Crippen molar-refractivity contribution < 1.29 is 4.79 Å². The van der Waals surface area contributed by atoms with Crippen molar-refractivity contribution in [2.45, 2.75) is 39.2 Å². The van der Waals surface area contributed by atoms with Crippen LogP contribution < -0.4 is 10.2 Å². The first kappa shape index (κ1) is 17.4. The Labute approximate surface area is 149 Å². The maximum atomic E-state index is 12.6. The molecule has 0 spiro atoms. The molecule has 2 heterocycles. The van der Waals surface area contributed by atoms with E-state index >= 15 is 0 Å². The zero-order valence-electron chi connectivity index (χ0n) is 15.0. The average molecular weight is 338 g/mol. The largest absolute Gasteiger partial charge is 0.353 e. The summed E-state index contributed by atoms with van der Waals surface area (Å²) < 4.78 is 0. The lowest BCUT2D eigenvalue weighted by Crippen LogP contribution is -2.44. The van der Waals surface area contributed by atoms with Crippen LogP contribution in [0.5, 0.6) is 0 Å². The zero-order chi connectivity index (χ0) is 17.6. The van der Waals surface area contributed by atoms with Crippen LogP contribution in [0, 0.1) is 12.8 Å². The standard InChI is InChI=1S/C20H26N4O/c1-15-6-3-4-7-18(15)14-16(2)23-19(25)17-8-12-24(13-9-17)20-21-10-5-11-22-20/h3-7,10-11,16-17H,8-9,12-14H2,1-2H3,(H,23,25). The second-order valence-electron chi connectivity index (χ2n) is 6.85. The first-order valence-corrected chi connectivity index (χ1v) is 9.00. The molecule has 1 N–H and O–H groups in total. The Bertz CT molecular complexity index is 696. The summed E-state index contributed by atoms with van der Waals surface area (Å²) in [4.78, 5) is 23.3. The Hall–Kier alpha value is -2.43. The molecule has 3 rings (SSSR count). The van der Waals surface area contributed by atoms with Gasteiger partial charge in [-0.1, -0.05) is 24.3 Å². The van der Waals surface area contributed by atoms with Gasteiger partial charge >= 0.3 is 0 Å². The van der Waals surface area contributed by atoms with Crippen LogP contribution in [0.25, 0.3) is 0 Å². The lowest BCUT2D eigenvalue weighted by Gasteiger charge is -2.31. The Morgan fingerprint density at radius 3 is 2.56 bits per heavy atom. The average Bonchev–Trinajstić information content (AvgIpc) is 2.64. The molecule has 1 fully saturated rings. The highest BCUT2D eigenvalue weighted by Crippen LogP contribution is 2.20. The lowest BCUT2D eigenvalue weighted by molar-refractivity contribution is -0.126. The van der Waals surface area contributed by atoms with Gasteiger partial charge in [-0.3, -0.25) is 4.79 Å². The van der Waals surface area contributed by atoms with Gasteiger partial charge in [0.05, 0.1) is 0 Å². The highest BCUT2D eigenvalue weighted by atomic mass is 16.1. The summed E-state index contributed by atoms with van der Waals surface area (Å²) in [5.74, 6) is 1.02. The number of hydrogen-bond acceptors (Lipinski definition) is 4. The van der Waals surface area contributed by atoms with E-state index in [1.165, 1.54) is 11.1 Å². The molecule has 1 aliphatic rings. The summed E-state index contributed by atoms with van der Waals surface area (Å²) in [6.07, 6.45) is 6.08. The molecule has 0 aliphatic carbocycles. The molecule has 0 radical (unpaired) electrons. The SMILES string of the molecule is Cc1ccccc1CC(C)NC(=O)C1CCN(c2ncccn2)CC1. The summed E-state index contributed by atoms with van der Waals surface area (Å²) in [6, 6.07) is 10.3. The molecule has 5 heteroatoms. The van der Waals surface area contributed by atoms with Crippen molar-refractivity contribution in [1.29, 1.82) is 0 Å². The molecule has 132 valence electrons. The predicted octanol–water partition coefficient (Wildman–Crippen LogP) is 2.75. The van der Waals surface area contributed by atoms with Gasteiger partial charge in [0.2, 0.25) is 11.9 Å². The van der Waals surface area contributed by atoms with E-state index in [1.807, 2.05) is 12.1 Å². The third-order valence-corrected chi connectivity index (χ3v) is 4.88. The van der Waals surface area contributed by atoms with E-state index in [0.29, 0.717) is 0 Å². The molecule has 1 atom stereocenters. The van der Waals surface area contributed by atoms with Crippen LogP contribution in [-0.2, 0) is 11.2 Å². The number of nitrogens with zero attached hydrogens (tertiary/aromatic N) is 3. The number of amides is 1. The Balaban J connectivity index is 1.48. The van der Waals surface area contributed by atoms with Crippen molar-refractivity contribution in [2.75, 3.05) is 18.0 Å². The smallest absolute Gasteiger partial charge is 0.225 e. The number of nitrogens with one attached hydrogen (secondary N) is 1. The number of hydrogen-bond donors (Lipinski definition) is 1. The molecular formula is C20H26N4O. The van der Waals surface area contributed by atoms with Gasteiger partial charge in [0.15, 0.2) is 0 Å². The van der Waals surface area contributed by atoms with Gasteiger partial charge in [-0.05, 0) is 50.3 Å². The maximum Gasteiger partial charge on any atom is 0.225 e. The van der Waals surface area contributed by atoms with Gasteiger partial charge in [0, 0.05) is 37.4 Å². The summed E-state index contributed by atoms with van der Waals surface area (Å²) in [6.45, 7) is 5.85. The molecule has 0 bridgehead atoms. The molecule has 1 amide bonds. The van der Waals surface area contributed by atoms with Crippen molar-refractivity contribution in [3.8, 4) is 0 Å². The third-order valence-electron chi connectivity index (χ3n) is 4.88. The van der Waals surface area contributed by atoms with E-state index in [2.05, 4.69) is 52.2 Å². The fourth-order valence-electron chi connectivity index (χ4n) is 3.38. The van der Waals surface area contributed by atoms with Crippen LogP contribution in [0.1, 0.15) is 30.9 Å². The van der Waals surface area contributed by atoms with E-state index in [1.54, 1.807) is 12.4 Å². The second-order valence-corrected chi connectivity index (χ2v) is 6.85. The summed E-state index contributed by atoms with van der Waals surface area (Å²) in [5, 5.41) is 3.19. The number of carbonyl (C=O) groups is 1. The van der Waals surface area contributed by atoms with Crippen molar-refractivity contribution in [2.24, 2.45) is 5.92 Å². The lowest BCUT2D eigenvalue weighted by atomic mass is 9.95.